The first-order valence-corrected chi connectivity index (χ1v) is 8.39. The molecule has 0 aliphatic rings. The quantitative estimate of drug-likeness (QED) is 0.324. The van der Waals surface area contributed by atoms with Crippen LogP contribution in [0.2, 0.25) is 0 Å². The number of alkyl halides is 14. The summed E-state index contributed by atoms with van der Waals surface area (Å²) in [6.45, 7) is -1.81. The predicted octanol–water partition coefficient (Wildman–Crippen LogP) is 5.60. The Balaban J connectivity index is 6.35. The van der Waals surface area contributed by atoms with Gasteiger partial charge in [-0.2, -0.15) is 52.7 Å². The minimum absolute atomic E-state index is 0.833. The summed E-state index contributed by atoms with van der Waals surface area (Å²) in [5.41, 5.74) is -12.5. The maximum absolute atomic E-state index is 14.0. The van der Waals surface area contributed by atoms with Crippen molar-refractivity contribution in [1.29, 1.82) is 0 Å². The van der Waals surface area contributed by atoms with E-state index in [2.05, 4.69) is 0 Å². The lowest BCUT2D eigenvalue weighted by Gasteiger charge is -2.38. The van der Waals surface area contributed by atoms with E-state index in [1.54, 1.807) is 0 Å². The first kappa shape index (κ1) is 30.4. The fraction of sp³-hybridized carbons (Fsp3) is 0.933. The minimum Gasteiger partial charge on any atom is -0.477 e. The number of likely N-dealkylation sites (N-methyl/N-ethyl adjacent to an activating group) is 1. The van der Waals surface area contributed by atoms with Crippen molar-refractivity contribution >= 4 is 5.97 Å². The number of hydrogen-bond donors (Lipinski definition) is 1. The molecule has 0 aromatic rings. The lowest BCUT2D eigenvalue weighted by atomic mass is 9.80. The van der Waals surface area contributed by atoms with Crippen LogP contribution in [0.5, 0.6) is 0 Å². The van der Waals surface area contributed by atoms with E-state index < -0.39 is 84.8 Å². The van der Waals surface area contributed by atoms with E-state index in [0.717, 1.165) is 14.1 Å². The number of carboxylic acid groups (broad SMARTS) is 1. The van der Waals surface area contributed by atoms with E-state index in [9.17, 15) is 66.3 Å². The highest BCUT2D eigenvalue weighted by molar-refractivity contribution is 5.67. The van der Waals surface area contributed by atoms with Gasteiger partial charge in [0.25, 0.3) is 11.3 Å². The van der Waals surface area contributed by atoms with Gasteiger partial charge in [0, 0.05) is 12.8 Å². The first-order valence-electron chi connectivity index (χ1n) is 8.39. The number of halogens is 14. The summed E-state index contributed by atoms with van der Waals surface area (Å²) in [5, 5.41) is 8.68. The molecular weight excluding hydrogens is 492 g/mol. The molecule has 0 aliphatic carbocycles. The lowest BCUT2D eigenvalue weighted by molar-refractivity contribution is -0.883. The van der Waals surface area contributed by atoms with Crippen molar-refractivity contribution in [2.45, 2.75) is 55.3 Å². The van der Waals surface area contributed by atoms with Crippen molar-refractivity contribution in [2.24, 2.45) is 5.92 Å². The summed E-state index contributed by atoms with van der Waals surface area (Å²) < 4.78 is 181. The summed E-state index contributed by atoms with van der Waals surface area (Å²) >= 11 is 0. The van der Waals surface area contributed by atoms with Crippen molar-refractivity contribution in [3.05, 3.63) is 0 Å². The van der Waals surface area contributed by atoms with Crippen LogP contribution in [0.25, 0.3) is 0 Å². The van der Waals surface area contributed by atoms with Gasteiger partial charge in [-0.3, -0.25) is 0 Å². The number of hydrogen-bond acceptors (Lipinski definition) is 1. The van der Waals surface area contributed by atoms with Gasteiger partial charge in [-0.05, 0) is 12.3 Å². The monoisotopic (exact) mass is 510 g/mol. The van der Waals surface area contributed by atoms with Gasteiger partial charge in [0.2, 0.25) is 0 Å². The molecule has 0 saturated carbocycles. The summed E-state index contributed by atoms with van der Waals surface area (Å²) in [6, 6.07) is 0. The Kier molecular flexibility index (Phi) is 8.57. The Hall–Kier alpha value is -1.55. The van der Waals surface area contributed by atoms with E-state index >= 15 is 0 Å². The third-order valence-electron chi connectivity index (χ3n) is 4.64. The molecule has 3 nitrogen and oxygen atoms in total. The molecule has 0 spiro atoms. The average molecular weight is 510 g/mol. The van der Waals surface area contributed by atoms with Gasteiger partial charge in [-0.25, -0.2) is 13.6 Å². The number of carboxylic acids is 1. The minimum atomic E-state index is -6.80. The number of quaternary nitrogens is 1. The van der Waals surface area contributed by atoms with Crippen LogP contribution in [0, 0.1) is 5.92 Å². The van der Waals surface area contributed by atoms with Crippen molar-refractivity contribution in [2.75, 3.05) is 27.2 Å². The predicted molar refractivity (Wildman–Crippen MR) is 78.7 cm³/mol. The molecule has 0 bridgehead atoms. The highest BCUT2D eigenvalue weighted by Crippen LogP contribution is 2.54. The van der Waals surface area contributed by atoms with Gasteiger partial charge in [0.15, 0.2) is 6.54 Å². The third-order valence-corrected chi connectivity index (χ3v) is 4.64. The Morgan fingerprint density at radius 3 is 1.19 bits per heavy atom. The maximum atomic E-state index is 14.0. The Morgan fingerprint density at radius 1 is 0.688 bits per heavy atom. The molecule has 0 aromatic carbocycles. The van der Waals surface area contributed by atoms with Crippen LogP contribution in [-0.2, 0) is 4.79 Å². The van der Waals surface area contributed by atoms with Gasteiger partial charge in [-0.15, -0.1) is 0 Å². The molecule has 0 heterocycles. The van der Waals surface area contributed by atoms with Gasteiger partial charge < -0.3 is 9.59 Å². The summed E-state index contributed by atoms with van der Waals surface area (Å²) in [5.74, 6) is -4.68. The molecule has 0 amide bonds. The van der Waals surface area contributed by atoms with Gasteiger partial charge >= 0.3 is 30.7 Å². The SMILES string of the molecule is C[N+](C)(CCC(CC(F)(C(F)(F)F)C(F)(F)F)CC(F)(C(F)(F)F)C(F)(F)F)CC(=O)O. The van der Waals surface area contributed by atoms with E-state index in [0.29, 0.717) is 0 Å². The zero-order valence-electron chi connectivity index (χ0n) is 16.2. The number of carbonyl (C=O) groups is 1. The molecule has 0 rings (SSSR count). The van der Waals surface area contributed by atoms with Crippen LogP contribution >= 0.6 is 0 Å². The highest BCUT2D eigenvalue weighted by Gasteiger charge is 2.75. The second-order valence-electron chi connectivity index (χ2n) is 7.87. The molecule has 0 aromatic heterocycles. The van der Waals surface area contributed by atoms with Crippen molar-refractivity contribution in [1.82, 2.24) is 0 Å². The zero-order chi connectivity index (χ0) is 26.2. The van der Waals surface area contributed by atoms with Crippen LogP contribution in [0.1, 0.15) is 19.3 Å². The lowest BCUT2D eigenvalue weighted by Crippen LogP contribution is -2.57. The molecule has 17 heteroatoms. The molecule has 0 aliphatic heterocycles. The summed E-state index contributed by atoms with van der Waals surface area (Å²) in [6.07, 6.45) is -34.6. The molecule has 192 valence electrons. The Bertz CT molecular complexity index is 578. The second-order valence-corrected chi connectivity index (χ2v) is 7.87. The normalized spacial score (nSPS) is 15.4. The molecule has 0 fully saturated rings. The standard InChI is InChI=1S/C15H17F14NO2/c1-30(2,7-9(31)32)4-3-8(5-10(16,12(18,19)20)13(21,22)23)6-11(17,14(24,25)26)15(27,28)29/h8H,3-7H2,1-2H3/p+1. The van der Waals surface area contributed by atoms with Gasteiger partial charge in [-0.1, -0.05) is 0 Å². The Morgan fingerprint density at radius 2 is 0.969 bits per heavy atom. The molecule has 0 atom stereocenters. The fourth-order valence-corrected chi connectivity index (χ4v) is 2.83. The third kappa shape index (κ3) is 6.97. The average Bonchev–Trinajstić information content (AvgIpc) is 2.46. The zero-order valence-corrected chi connectivity index (χ0v) is 16.2. The van der Waals surface area contributed by atoms with Gasteiger partial charge in [0.1, 0.15) is 0 Å². The topological polar surface area (TPSA) is 37.3 Å². The van der Waals surface area contributed by atoms with Crippen LogP contribution in [0.15, 0.2) is 0 Å². The Labute approximate surface area is 171 Å². The molecule has 32 heavy (non-hydrogen) atoms. The molecular formula is C15H18F14NO2+. The van der Waals surface area contributed by atoms with Crippen molar-refractivity contribution in [3.8, 4) is 0 Å². The maximum Gasteiger partial charge on any atom is 0.431 e. The fourth-order valence-electron chi connectivity index (χ4n) is 2.83. The molecule has 0 unspecified atom stereocenters. The largest absolute Gasteiger partial charge is 0.477 e. The van der Waals surface area contributed by atoms with Crippen molar-refractivity contribution < 1.29 is 75.8 Å². The molecule has 0 radical (unpaired) electrons. The van der Waals surface area contributed by atoms with Crippen LogP contribution in [0.3, 0.4) is 0 Å². The van der Waals surface area contributed by atoms with E-state index in [4.69, 9.17) is 5.11 Å². The smallest absolute Gasteiger partial charge is 0.431 e. The van der Waals surface area contributed by atoms with E-state index in [-0.39, 0.29) is 0 Å². The summed E-state index contributed by atoms with van der Waals surface area (Å²) in [4.78, 5) is 10.7. The summed E-state index contributed by atoms with van der Waals surface area (Å²) in [7, 11) is 1.97. The van der Waals surface area contributed by atoms with E-state index in [1.807, 2.05) is 0 Å². The molecule has 1 N–H and O–H groups in total. The first-order chi connectivity index (χ1) is 13.7. The van der Waals surface area contributed by atoms with Crippen molar-refractivity contribution in [3.63, 3.8) is 0 Å². The van der Waals surface area contributed by atoms with Crippen LogP contribution in [0.4, 0.5) is 61.5 Å². The van der Waals surface area contributed by atoms with Crippen LogP contribution < -0.4 is 0 Å². The number of nitrogens with zero attached hydrogens (tertiary/aromatic N) is 1. The number of aliphatic carboxylic acids is 1. The molecule has 0 saturated heterocycles. The second kappa shape index (κ2) is 9.00. The van der Waals surface area contributed by atoms with Gasteiger partial charge in [0.05, 0.1) is 20.6 Å². The highest BCUT2D eigenvalue weighted by atomic mass is 19.4. The van der Waals surface area contributed by atoms with E-state index in [1.165, 1.54) is 0 Å². The number of rotatable bonds is 9. The van der Waals surface area contributed by atoms with Crippen LogP contribution in [-0.4, -0.2) is 78.8 Å².